The summed E-state index contributed by atoms with van der Waals surface area (Å²) in [5.41, 5.74) is 5.68. The summed E-state index contributed by atoms with van der Waals surface area (Å²) in [6, 6.07) is 8.51. The second-order valence-electron chi connectivity index (χ2n) is 8.24. The van der Waals surface area contributed by atoms with Crippen molar-refractivity contribution >= 4 is 11.3 Å². The first-order valence-electron chi connectivity index (χ1n) is 11.9. The SMILES string of the molecule is C=CC1CC1.CC.CC#Cc1cc(-c2ccn3nc(NC)cc3c2)c(CC2CCC2)cn1. The van der Waals surface area contributed by atoms with Gasteiger partial charge in [0.25, 0.3) is 0 Å². The quantitative estimate of drug-likeness (QED) is 0.360. The van der Waals surface area contributed by atoms with Crippen LogP contribution < -0.4 is 5.32 Å². The summed E-state index contributed by atoms with van der Waals surface area (Å²) in [4.78, 5) is 4.54. The van der Waals surface area contributed by atoms with Gasteiger partial charge in [-0.05, 0) is 78.8 Å². The number of pyridine rings is 2. The molecule has 5 rings (SSSR count). The van der Waals surface area contributed by atoms with Crippen molar-refractivity contribution in [3.05, 3.63) is 60.6 Å². The maximum absolute atomic E-state index is 4.54. The van der Waals surface area contributed by atoms with Crippen LogP contribution in [0.2, 0.25) is 0 Å². The van der Waals surface area contributed by atoms with E-state index in [4.69, 9.17) is 0 Å². The number of anilines is 1. The molecule has 0 aromatic carbocycles. The number of fused-ring (bicyclic) bond motifs is 1. The average molecular weight is 429 g/mol. The van der Waals surface area contributed by atoms with Crippen LogP contribution in [-0.4, -0.2) is 21.6 Å². The van der Waals surface area contributed by atoms with E-state index in [9.17, 15) is 0 Å². The zero-order valence-electron chi connectivity index (χ0n) is 20.0. The molecule has 3 aromatic rings. The number of allylic oxidation sites excluding steroid dienone is 1. The minimum atomic E-state index is 0.804. The molecular formula is C28H36N4. The van der Waals surface area contributed by atoms with Crippen LogP contribution in [0.4, 0.5) is 5.82 Å². The lowest BCUT2D eigenvalue weighted by molar-refractivity contribution is 0.314. The molecule has 0 atom stereocenters. The number of aromatic nitrogens is 3. The third kappa shape index (κ3) is 6.01. The van der Waals surface area contributed by atoms with E-state index in [2.05, 4.69) is 58.1 Å². The minimum Gasteiger partial charge on any atom is -0.372 e. The van der Waals surface area contributed by atoms with E-state index in [1.165, 1.54) is 48.8 Å². The van der Waals surface area contributed by atoms with E-state index in [-0.39, 0.29) is 0 Å². The first-order chi connectivity index (χ1) is 15.7. The highest BCUT2D eigenvalue weighted by Gasteiger charge is 2.20. The lowest BCUT2D eigenvalue weighted by atomic mass is 9.80. The molecule has 4 heteroatoms. The van der Waals surface area contributed by atoms with Crippen molar-refractivity contribution < 1.29 is 0 Å². The van der Waals surface area contributed by atoms with Gasteiger partial charge in [0.15, 0.2) is 0 Å². The summed E-state index contributed by atoms with van der Waals surface area (Å²) in [5, 5.41) is 7.57. The summed E-state index contributed by atoms with van der Waals surface area (Å²) in [6.07, 6.45) is 14.0. The zero-order valence-corrected chi connectivity index (χ0v) is 20.0. The molecule has 4 nitrogen and oxygen atoms in total. The van der Waals surface area contributed by atoms with Gasteiger partial charge in [-0.1, -0.05) is 45.1 Å². The van der Waals surface area contributed by atoms with E-state index < -0.39 is 0 Å². The highest BCUT2D eigenvalue weighted by Crippen LogP contribution is 2.34. The van der Waals surface area contributed by atoms with E-state index in [0.29, 0.717) is 0 Å². The molecule has 168 valence electrons. The summed E-state index contributed by atoms with van der Waals surface area (Å²) in [7, 11) is 1.89. The van der Waals surface area contributed by atoms with Gasteiger partial charge < -0.3 is 5.32 Å². The molecule has 0 saturated heterocycles. The van der Waals surface area contributed by atoms with Gasteiger partial charge in [0.05, 0.1) is 5.52 Å². The molecule has 0 amide bonds. The van der Waals surface area contributed by atoms with Crippen LogP contribution in [0, 0.1) is 23.7 Å². The fourth-order valence-electron chi connectivity index (χ4n) is 3.74. The van der Waals surface area contributed by atoms with Crippen LogP contribution in [0.3, 0.4) is 0 Å². The Morgan fingerprint density at radius 1 is 1.19 bits per heavy atom. The second-order valence-corrected chi connectivity index (χ2v) is 8.24. The number of hydrogen-bond donors (Lipinski definition) is 1. The summed E-state index contributed by atoms with van der Waals surface area (Å²) < 4.78 is 1.90. The molecule has 3 aromatic heterocycles. The van der Waals surface area contributed by atoms with Gasteiger partial charge in [-0.15, -0.1) is 6.58 Å². The molecule has 2 aliphatic carbocycles. The Morgan fingerprint density at radius 2 is 1.97 bits per heavy atom. The Balaban J connectivity index is 0.000000359. The standard InChI is InChI=1S/C21H22N4.C5H8.C2H6/c1-3-5-18-12-20(17(14-23-18)10-15-6-4-7-15)16-8-9-25-19(11-16)13-21(22-2)24-25;1-2-5-3-4-5;1-2/h8-9,11-15H,4,6-7,10H2,1-2H3,(H,22,24);2,5H,1,3-4H2;1-2H3. The monoisotopic (exact) mass is 428 g/mol. The van der Waals surface area contributed by atoms with E-state index in [1.54, 1.807) is 0 Å². The van der Waals surface area contributed by atoms with Crippen molar-refractivity contribution in [1.82, 2.24) is 14.6 Å². The minimum absolute atomic E-state index is 0.804. The normalized spacial score (nSPS) is 14.6. The predicted molar refractivity (Wildman–Crippen MR) is 136 cm³/mol. The first-order valence-corrected chi connectivity index (χ1v) is 11.9. The van der Waals surface area contributed by atoms with E-state index >= 15 is 0 Å². The van der Waals surface area contributed by atoms with Crippen molar-refractivity contribution in [1.29, 1.82) is 0 Å². The largest absolute Gasteiger partial charge is 0.372 e. The van der Waals surface area contributed by atoms with Crippen molar-refractivity contribution in [3.63, 3.8) is 0 Å². The van der Waals surface area contributed by atoms with Gasteiger partial charge >= 0.3 is 0 Å². The number of nitrogens with zero attached hydrogens (tertiary/aromatic N) is 3. The van der Waals surface area contributed by atoms with Crippen LogP contribution in [0.15, 0.2) is 49.3 Å². The fourth-order valence-corrected chi connectivity index (χ4v) is 3.74. The van der Waals surface area contributed by atoms with Crippen LogP contribution >= 0.6 is 0 Å². The Hall–Kier alpha value is -3.06. The van der Waals surface area contributed by atoms with Crippen LogP contribution in [0.25, 0.3) is 16.6 Å². The van der Waals surface area contributed by atoms with E-state index in [1.807, 2.05) is 50.8 Å². The van der Waals surface area contributed by atoms with Crippen LogP contribution in [-0.2, 0) is 6.42 Å². The number of nitrogens with one attached hydrogen (secondary N) is 1. The van der Waals surface area contributed by atoms with Gasteiger partial charge in [0, 0.05) is 25.5 Å². The van der Waals surface area contributed by atoms with Crippen molar-refractivity contribution in [2.75, 3.05) is 12.4 Å². The molecule has 0 bridgehead atoms. The Labute approximate surface area is 193 Å². The average Bonchev–Trinajstić information content (AvgIpc) is 3.56. The molecule has 0 aliphatic heterocycles. The Kier molecular flexibility index (Phi) is 8.50. The molecule has 32 heavy (non-hydrogen) atoms. The van der Waals surface area contributed by atoms with Crippen molar-refractivity contribution in [2.24, 2.45) is 11.8 Å². The smallest absolute Gasteiger partial charge is 0.148 e. The second kappa shape index (κ2) is 11.5. The maximum atomic E-state index is 4.54. The Morgan fingerprint density at radius 3 is 2.53 bits per heavy atom. The molecule has 0 unspecified atom stereocenters. The third-order valence-electron chi connectivity index (χ3n) is 5.96. The van der Waals surface area contributed by atoms with Gasteiger partial charge in [-0.2, -0.15) is 5.10 Å². The van der Waals surface area contributed by atoms with Crippen molar-refractivity contribution in [3.8, 4) is 23.0 Å². The summed E-state index contributed by atoms with van der Waals surface area (Å²) >= 11 is 0. The molecule has 2 saturated carbocycles. The van der Waals surface area contributed by atoms with Gasteiger partial charge in [-0.3, -0.25) is 0 Å². The van der Waals surface area contributed by atoms with Gasteiger partial charge in [-0.25, -0.2) is 9.50 Å². The topological polar surface area (TPSA) is 42.2 Å². The lowest BCUT2D eigenvalue weighted by Crippen LogP contribution is -2.14. The molecule has 0 spiro atoms. The zero-order chi connectivity index (χ0) is 22.9. The highest BCUT2D eigenvalue weighted by molar-refractivity contribution is 5.73. The van der Waals surface area contributed by atoms with Gasteiger partial charge in [0.2, 0.25) is 0 Å². The lowest BCUT2D eigenvalue weighted by Gasteiger charge is -2.26. The maximum Gasteiger partial charge on any atom is 0.148 e. The molecule has 2 aliphatic rings. The van der Waals surface area contributed by atoms with Crippen LogP contribution in [0.5, 0.6) is 0 Å². The molecule has 0 radical (unpaired) electrons. The highest BCUT2D eigenvalue weighted by atomic mass is 15.3. The molecule has 3 heterocycles. The molecular weight excluding hydrogens is 392 g/mol. The van der Waals surface area contributed by atoms with Gasteiger partial charge in [0.1, 0.15) is 11.5 Å². The van der Waals surface area contributed by atoms with E-state index in [0.717, 1.165) is 35.3 Å². The fraction of sp³-hybridized carbons (Fsp3) is 0.429. The summed E-state index contributed by atoms with van der Waals surface area (Å²) in [5.74, 6) is 8.62. The predicted octanol–water partition coefficient (Wildman–Crippen LogP) is 6.76. The Bertz CT molecular complexity index is 1090. The third-order valence-corrected chi connectivity index (χ3v) is 5.96. The first kappa shape index (κ1) is 23.6. The molecule has 1 N–H and O–H groups in total. The number of rotatable bonds is 5. The van der Waals surface area contributed by atoms with Crippen molar-refractivity contribution in [2.45, 2.75) is 59.3 Å². The number of hydrogen-bond acceptors (Lipinski definition) is 3. The molecule has 2 fully saturated rings. The van der Waals surface area contributed by atoms with Crippen LogP contribution in [0.1, 0.15) is 64.1 Å². The summed E-state index contributed by atoms with van der Waals surface area (Å²) in [6.45, 7) is 9.47.